The second-order valence-electron chi connectivity index (χ2n) is 11.6. The van der Waals surface area contributed by atoms with Crippen LogP contribution in [0.2, 0.25) is 0 Å². The molecule has 0 fully saturated rings. The van der Waals surface area contributed by atoms with Crippen LogP contribution in [-0.4, -0.2) is 0 Å². The molecule has 0 heterocycles. The Labute approximate surface area is 242 Å². The zero-order valence-electron chi connectivity index (χ0n) is 22.9. The Morgan fingerprint density at radius 1 is 0.167 bits per heavy atom. The summed E-state index contributed by atoms with van der Waals surface area (Å²) in [5.74, 6) is 0. The van der Waals surface area contributed by atoms with E-state index in [1.54, 1.807) is 0 Å². The molecule has 0 saturated heterocycles. The first-order valence-electron chi connectivity index (χ1n) is 14.7. The Bertz CT molecular complexity index is 2170. The normalized spacial score (nSPS) is 12.3. The Balaban J connectivity index is 0.000000118. The van der Waals surface area contributed by atoms with Crippen molar-refractivity contribution in [3.05, 3.63) is 146 Å². The molecule has 11 rings (SSSR count). The molecule has 0 heteroatoms. The highest BCUT2D eigenvalue weighted by Gasteiger charge is 2.19. The van der Waals surface area contributed by atoms with Gasteiger partial charge < -0.3 is 0 Å². The van der Waals surface area contributed by atoms with Gasteiger partial charge in [0.25, 0.3) is 0 Å². The van der Waals surface area contributed by atoms with Crippen molar-refractivity contribution in [1.82, 2.24) is 0 Å². The molecule has 11 aromatic rings. The highest BCUT2D eigenvalue weighted by atomic mass is 14.2. The van der Waals surface area contributed by atoms with Crippen LogP contribution in [0.4, 0.5) is 0 Å². The van der Waals surface area contributed by atoms with E-state index >= 15 is 0 Å². The van der Waals surface area contributed by atoms with Gasteiger partial charge in [-0.2, -0.15) is 0 Å². The van der Waals surface area contributed by atoms with Gasteiger partial charge in [0.1, 0.15) is 0 Å². The predicted octanol–water partition coefficient (Wildman–Crippen LogP) is 12.1. The molecule has 0 aliphatic rings. The summed E-state index contributed by atoms with van der Waals surface area (Å²) in [5, 5.41) is 24.8. The standard InChI is InChI=1S/C24H12.C18H12/c1-2-14-5-6-16-9-11-18-12-10-17-8-7-15-4-3-13(1)19-20(14)22(16)24(18)23(17)21(15)19;1-2-8-14-13(7-1)15-9-3-4-11-17(15)18-12-6-5-10-16(14)18/h1-12H;1-12H. The van der Waals surface area contributed by atoms with E-state index in [1.165, 1.54) is 97.0 Å². The number of benzene rings is 11. The number of fused-ring (bicyclic) bond motifs is 6. The highest BCUT2D eigenvalue weighted by Crippen LogP contribution is 2.48. The smallest absolute Gasteiger partial charge is 0.00139 e. The van der Waals surface area contributed by atoms with E-state index in [0.717, 1.165) is 0 Å². The molecule has 0 aromatic heterocycles. The van der Waals surface area contributed by atoms with Crippen LogP contribution in [0.1, 0.15) is 0 Å². The van der Waals surface area contributed by atoms with Crippen LogP contribution < -0.4 is 0 Å². The lowest BCUT2D eigenvalue weighted by Crippen LogP contribution is -1.91. The second-order valence-corrected chi connectivity index (χ2v) is 11.6. The molecule has 0 amide bonds. The molecule has 0 radical (unpaired) electrons. The van der Waals surface area contributed by atoms with E-state index < -0.39 is 0 Å². The maximum Gasteiger partial charge on any atom is -0.00139 e. The first kappa shape index (κ1) is 22.3. The summed E-state index contributed by atoms with van der Waals surface area (Å²) in [4.78, 5) is 0. The topological polar surface area (TPSA) is 0 Å². The second kappa shape index (κ2) is 8.06. The molecule has 0 saturated carbocycles. The van der Waals surface area contributed by atoms with E-state index in [4.69, 9.17) is 0 Å². The first-order valence-corrected chi connectivity index (χ1v) is 14.7. The Morgan fingerprint density at radius 3 is 0.452 bits per heavy atom. The third kappa shape index (κ3) is 2.81. The van der Waals surface area contributed by atoms with Crippen LogP contribution in [-0.2, 0) is 0 Å². The molecule has 0 aliphatic carbocycles. The lowest BCUT2D eigenvalue weighted by molar-refractivity contribution is 1.77. The Kier molecular flexibility index (Phi) is 4.27. The predicted molar refractivity (Wildman–Crippen MR) is 184 cm³/mol. The fraction of sp³-hybridized carbons (Fsp3) is 0. The fourth-order valence-corrected chi connectivity index (χ4v) is 7.75. The summed E-state index contributed by atoms with van der Waals surface area (Å²) >= 11 is 0. The molecule has 42 heavy (non-hydrogen) atoms. The van der Waals surface area contributed by atoms with E-state index in [2.05, 4.69) is 146 Å². The lowest BCUT2D eigenvalue weighted by atomic mass is 9.83. The number of hydrogen-bond acceptors (Lipinski definition) is 0. The summed E-state index contributed by atoms with van der Waals surface area (Å²) in [6, 6.07) is 53.2. The van der Waals surface area contributed by atoms with Gasteiger partial charge in [0.15, 0.2) is 0 Å². The summed E-state index contributed by atoms with van der Waals surface area (Å²) < 4.78 is 0. The van der Waals surface area contributed by atoms with E-state index in [9.17, 15) is 0 Å². The molecular formula is C42H24. The quantitative estimate of drug-likeness (QED) is 0.136. The molecule has 0 atom stereocenters. The van der Waals surface area contributed by atoms with Crippen LogP contribution in [0.15, 0.2) is 146 Å². The molecule has 11 aromatic carbocycles. The molecule has 0 N–H and O–H groups in total. The third-order valence-corrected chi connectivity index (χ3v) is 9.54. The van der Waals surface area contributed by atoms with Crippen LogP contribution in [0.25, 0.3) is 97.0 Å². The monoisotopic (exact) mass is 528 g/mol. The van der Waals surface area contributed by atoms with Crippen molar-refractivity contribution in [2.75, 3.05) is 0 Å². The van der Waals surface area contributed by atoms with Gasteiger partial charge in [-0.1, -0.05) is 146 Å². The van der Waals surface area contributed by atoms with Gasteiger partial charge in [0, 0.05) is 0 Å². The van der Waals surface area contributed by atoms with Gasteiger partial charge in [-0.3, -0.25) is 0 Å². The van der Waals surface area contributed by atoms with Gasteiger partial charge in [0.05, 0.1) is 0 Å². The van der Waals surface area contributed by atoms with Crippen molar-refractivity contribution in [1.29, 1.82) is 0 Å². The lowest BCUT2D eigenvalue weighted by Gasteiger charge is -2.20. The van der Waals surface area contributed by atoms with Gasteiger partial charge in [-0.25, -0.2) is 0 Å². The van der Waals surface area contributed by atoms with Crippen molar-refractivity contribution in [2.45, 2.75) is 0 Å². The molecule has 0 nitrogen and oxygen atoms in total. The average molecular weight is 529 g/mol. The Morgan fingerprint density at radius 2 is 0.310 bits per heavy atom. The minimum Gasteiger partial charge on any atom is -0.0616 e. The highest BCUT2D eigenvalue weighted by molar-refractivity contribution is 6.44. The van der Waals surface area contributed by atoms with E-state index in [1.807, 2.05) is 0 Å². The van der Waals surface area contributed by atoms with Crippen molar-refractivity contribution >= 4 is 97.0 Å². The minimum atomic E-state index is 1.34. The molecule has 192 valence electrons. The van der Waals surface area contributed by atoms with Crippen molar-refractivity contribution < 1.29 is 0 Å². The van der Waals surface area contributed by atoms with Gasteiger partial charge in [-0.15, -0.1) is 0 Å². The SMILES string of the molecule is c1cc2ccc3ccc4ccc5ccc6ccc1c1c2c3c4c5c61.c1ccc2c(c1)c1ccccc1c1ccccc21. The van der Waals surface area contributed by atoms with Crippen LogP contribution in [0.5, 0.6) is 0 Å². The summed E-state index contributed by atoms with van der Waals surface area (Å²) in [6.45, 7) is 0. The van der Waals surface area contributed by atoms with Gasteiger partial charge >= 0.3 is 0 Å². The maximum atomic E-state index is 2.27. The van der Waals surface area contributed by atoms with E-state index in [-0.39, 0.29) is 0 Å². The molecule has 0 unspecified atom stereocenters. The molecule has 0 aliphatic heterocycles. The fourth-order valence-electron chi connectivity index (χ4n) is 7.75. The maximum absolute atomic E-state index is 2.27. The van der Waals surface area contributed by atoms with Gasteiger partial charge in [0.2, 0.25) is 0 Å². The summed E-state index contributed by atoms with van der Waals surface area (Å²) in [7, 11) is 0. The molecule has 0 bridgehead atoms. The zero-order valence-corrected chi connectivity index (χ0v) is 22.9. The largest absolute Gasteiger partial charge is 0.0616 e. The first-order chi connectivity index (χ1) is 20.8. The third-order valence-electron chi connectivity index (χ3n) is 9.54. The van der Waals surface area contributed by atoms with Crippen LogP contribution in [0, 0.1) is 0 Å². The molecular weight excluding hydrogens is 504 g/mol. The average Bonchev–Trinajstić information content (AvgIpc) is 3.07. The van der Waals surface area contributed by atoms with Crippen LogP contribution >= 0.6 is 0 Å². The minimum absolute atomic E-state index is 1.34. The molecule has 0 spiro atoms. The van der Waals surface area contributed by atoms with Crippen molar-refractivity contribution in [3.63, 3.8) is 0 Å². The number of hydrogen-bond donors (Lipinski definition) is 0. The zero-order chi connectivity index (χ0) is 27.4. The van der Waals surface area contributed by atoms with Gasteiger partial charge in [-0.05, 0) is 97.0 Å². The summed E-state index contributed by atoms with van der Waals surface area (Å²) in [5.41, 5.74) is 0. The van der Waals surface area contributed by atoms with Crippen molar-refractivity contribution in [2.24, 2.45) is 0 Å². The van der Waals surface area contributed by atoms with E-state index in [0.29, 0.717) is 0 Å². The summed E-state index contributed by atoms with van der Waals surface area (Å²) in [6.07, 6.45) is 0. The Hall–Kier alpha value is -5.46. The van der Waals surface area contributed by atoms with Crippen LogP contribution in [0.3, 0.4) is 0 Å². The number of rotatable bonds is 0. The van der Waals surface area contributed by atoms with Crippen molar-refractivity contribution in [3.8, 4) is 0 Å².